The summed E-state index contributed by atoms with van der Waals surface area (Å²) in [6.07, 6.45) is 0. The summed E-state index contributed by atoms with van der Waals surface area (Å²) >= 11 is 1.90. The van der Waals surface area contributed by atoms with Gasteiger partial charge in [-0.15, -0.1) is 0 Å². The largest absolute Gasteiger partial charge is 0.0894 e. The predicted octanol–water partition coefficient (Wildman–Crippen LogP) is 7.67. The monoisotopic (exact) mass is 398 g/mol. The second-order valence-electron chi connectivity index (χ2n) is 8.10. The van der Waals surface area contributed by atoms with Crippen molar-refractivity contribution in [3.05, 3.63) is 131 Å². The van der Waals surface area contributed by atoms with Crippen molar-refractivity contribution in [2.24, 2.45) is 0 Å². The van der Waals surface area contributed by atoms with E-state index in [1.54, 1.807) is 0 Å². The quantitative estimate of drug-likeness (QED) is 0.253. The van der Waals surface area contributed by atoms with Crippen molar-refractivity contribution in [3.63, 3.8) is 0 Å². The first-order valence-corrected chi connectivity index (χ1v) is 11.2. The van der Waals surface area contributed by atoms with Gasteiger partial charge in [0, 0.05) is 9.79 Å². The van der Waals surface area contributed by atoms with Gasteiger partial charge in [-0.2, -0.15) is 0 Å². The van der Waals surface area contributed by atoms with E-state index >= 15 is 0 Å². The van der Waals surface area contributed by atoms with Crippen LogP contribution < -0.4 is 0 Å². The minimum absolute atomic E-state index is 0.303. The van der Waals surface area contributed by atoms with Gasteiger partial charge >= 0.3 is 0 Å². The molecule has 0 atom stereocenters. The fraction of sp³-hybridized carbons (Fsp3) is 0.0345. The highest BCUT2D eigenvalue weighted by Gasteiger charge is 2.48. The Bertz CT molecular complexity index is 1430. The smallest absolute Gasteiger partial charge is 0.0735 e. The highest BCUT2D eigenvalue weighted by molar-refractivity contribution is 7.99. The van der Waals surface area contributed by atoms with Crippen LogP contribution >= 0.6 is 11.8 Å². The molecule has 0 radical (unpaired) electrons. The lowest BCUT2D eigenvalue weighted by atomic mass is 9.59. The van der Waals surface area contributed by atoms with Gasteiger partial charge in [0.1, 0.15) is 0 Å². The molecule has 1 aliphatic heterocycles. The molecule has 0 saturated carbocycles. The Labute approximate surface area is 180 Å². The molecule has 0 unspecified atom stereocenters. The summed E-state index contributed by atoms with van der Waals surface area (Å²) in [4.78, 5) is 2.70. The number of hydrogen-bond donors (Lipinski definition) is 0. The maximum Gasteiger partial charge on any atom is 0.0735 e. The van der Waals surface area contributed by atoms with Gasteiger partial charge < -0.3 is 0 Å². The maximum atomic E-state index is 2.35. The van der Waals surface area contributed by atoms with Crippen molar-refractivity contribution in [1.82, 2.24) is 0 Å². The van der Waals surface area contributed by atoms with Crippen LogP contribution in [0.15, 0.2) is 119 Å². The van der Waals surface area contributed by atoms with Gasteiger partial charge in [-0.25, -0.2) is 0 Å². The van der Waals surface area contributed by atoms with E-state index in [2.05, 4.69) is 109 Å². The average molecular weight is 399 g/mol. The van der Waals surface area contributed by atoms with Crippen molar-refractivity contribution >= 4 is 22.5 Å². The van der Waals surface area contributed by atoms with E-state index in [1.165, 1.54) is 53.9 Å². The summed E-state index contributed by atoms with van der Waals surface area (Å²) in [5.41, 5.74) is 7.95. The Morgan fingerprint density at radius 2 is 0.967 bits per heavy atom. The number of rotatable bonds is 0. The molecule has 0 aromatic heterocycles. The van der Waals surface area contributed by atoms with E-state index in [0.29, 0.717) is 0 Å². The normalized spacial score (nSPS) is 14.8. The summed E-state index contributed by atoms with van der Waals surface area (Å²) in [6.45, 7) is 0. The third-order valence-electron chi connectivity index (χ3n) is 6.73. The van der Waals surface area contributed by atoms with Crippen LogP contribution in [-0.4, -0.2) is 0 Å². The summed E-state index contributed by atoms with van der Waals surface area (Å²) in [6, 6.07) is 40.5. The molecule has 0 N–H and O–H groups in total. The lowest BCUT2D eigenvalue weighted by Crippen LogP contribution is -2.36. The van der Waals surface area contributed by atoms with Crippen LogP contribution in [0.2, 0.25) is 0 Å². The van der Waals surface area contributed by atoms with E-state index in [0.717, 1.165) is 0 Å². The lowest BCUT2D eigenvalue weighted by Gasteiger charge is -2.45. The van der Waals surface area contributed by atoms with Crippen molar-refractivity contribution in [3.8, 4) is 11.1 Å². The molecule has 0 bridgehead atoms. The Balaban J connectivity index is 1.79. The van der Waals surface area contributed by atoms with Crippen molar-refractivity contribution < 1.29 is 0 Å². The second-order valence-corrected chi connectivity index (χ2v) is 9.18. The summed E-state index contributed by atoms with van der Waals surface area (Å²) < 4.78 is 0. The molecule has 5 aromatic rings. The molecule has 30 heavy (non-hydrogen) atoms. The number of benzene rings is 5. The van der Waals surface area contributed by atoms with Crippen LogP contribution in [0.25, 0.3) is 21.9 Å². The summed E-state index contributed by atoms with van der Waals surface area (Å²) in [5.74, 6) is 0. The Hall–Kier alpha value is -3.29. The molecule has 2 aliphatic rings. The van der Waals surface area contributed by atoms with Gasteiger partial charge in [0.15, 0.2) is 0 Å². The zero-order chi connectivity index (χ0) is 19.7. The molecule has 140 valence electrons. The van der Waals surface area contributed by atoms with Crippen LogP contribution in [-0.2, 0) is 5.41 Å². The van der Waals surface area contributed by atoms with Crippen LogP contribution in [0.3, 0.4) is 0 Å². The molecule has 0 nitrogen and oxygen atoms in total. The van der Waals surface area contributed by atoms with Crippen LogP contribution in [0.4, 0.5) is 0 Å². The van der Waals surface area contributed by atoms with Crippen molar-refractivity contribution in [2.75, 3.05) is 0 Å². The molecule has 7 rings (SSSR count). The molecule has 0 fully saturated rings. The Kier molecular flexibility index (Phi) is 3.23. The molecule has 1 aliphatic carbocycles. The third-order valence-corrected chi connectivity index (χ3v) is 7.88. The molecular weight excluding hydrogens is 380 g/mol. The average Bonchev–Trinajstić information content (AvgIpc) is 2.82. The van der Waals surface area contributed by atoms with Crippen LogP contribution in [0.1, 0.15) is 22.3 Å². The fourth-order valence-electron chi connectivity index (χ4n) is 5.64. The molecule has 1 spiro atoms. The van der Waals surface area contributed by atoms with Crippen molar-refractivity contribution in [2.45, 2.75) is 15.2 Å². The minimum Gasteiger partial charge on any atom is -0.0894 e. The minimum atomic E-state index is -0.303. The Morgan fingerprint density at radius 3 is 1.70 bits per heavy atom. The van der Waals surface area contributed by atoms with Gasteiger partial charge in [-0.1, -0.05) is 109 Å². The molecule has 1 heterocycles. The molecule has 0 saturated heterocycles. The molecule has 1 heteroatoms. The van der Waals surface area contributed by atoms with Gasteiger partial charge in [-0.05, 0) is 56.3 Å². The zero-order valence-electron chi connectivity index (χ0n) is 16.3. The molecule has 5 aromatic carbocycles. The topological polar surface area (TPSA) is 0 Å². The Morgan fingerprint density at radius 1 is 0.433 bits per heavy atom. The highest BCUT2D eigenvalue weighted by Crippen LogP contribution is 2.60. The standard InChI is InChI=1S/C29H18S/c1-2-13-22-20(11-1)21-12-7-9-19-10-8-16-25(28(19)21)29(22)23-14-3-5-17-26(23)30-27-18-6-4-15-24(27)29/h1-18H. The van der Waals surface area contributed by atoms with Crippen LogP contribution in [0.5, 0.6) is 0 Å². The van der Waals surface area contributed by atoms with Gasteiger partial charge in [0.25, 0.3) is 0 Å². The van der Waals surface area contributed by atoms with Crippen LogP contribution in [0, 0.1) is 0 Å². The first kappa shape index (κ1) is 16.5. The van der Waals surface area contributed by atoms with E-state index in [1.807, 2.05) is 11.8 Å². The fourth-order valence-corrected chi connectivity index (χ4v) is 6.84. The third kappa shape index (κ3) is 1.89. The van der Waals surface area contributed by atoms with E-state index < -0.39 is 0 Å². The number of hydrogen-bond acceptors (Lipinski definition) is 1. The zero-order valence-corrected chi connectivity index (χ0v) is 17.1. The first-order valence-electron chi connectivity index (χ1n) is 10.4. The van der Waals surface area contributed by atoms with Gasteiger partial charge in [0.05, 0.1) is 5.41 Å². The maximum absolute atomic E-state index is 2.35. The summed E-state index contributed by atoms with van der Waals surface area (Å²) in [7, 11) is 0. The van der Waals surface area contributed by atoms with Crippen molar-refractivity contribution in [1.29, 1.82) is 0 Å². The molecule has 0 amide bonds. The number of fused-ring (bicyclic) bond motifs is 8. The van der Waals surface area contributed by atoms with E-state index in [4.69, 9.17) is 0 Å². The van der Waals surface area contributed by atoms with E-state index in [9.17, 15) is 0 Å². The predicted molar refractivity (Wildman–Crippen MR) is 125 cm³/mol. The highest BCUT2D eigenvalue weighted by atomic mass is 32.2. The molecular formula is C29H18S. The van der Waals surface area contributed by atoms with Gasteiger partial charge in [0.2, 0.25) is 0 Å². The second kappa shape index (κ2) is 5.87. The first-order chi connectivity index (χ1) is 14.9. The lowest BCUT2D eigenvalue weighted by molar-refractivity contribution is 0.707. The SMILES string of the molecule is c1ccc2c(c1)Sc1ccccc1C21c2ccccc2-c2cccc3cccc1c23. The van der Waals surface area contributed by atoms with E-state index in [-0.39, 0.29) is 5.41 Å². The summed E-state index contributed by atoms with van der Waals surface area (Å²) in [5, 5.41) is 2.70. The van der Waals surface area contributed by atoms with Gasteiger partial charge in [-0.3, -0.25) is 0 Å².